The number of phenols is 1. The Labute approximate surface area is 346 Å². The number of carbonyl (C=O) groups is 2. The molecule has 8 rings (SSSR count). The van der Waals surface area contributed by atoms with Crippen molar-refractivity contribution in [3.8, 4) is 17.2 Å². The zero-order valence-corrected chi connectivity index (χ0v) is 37.3. The van der Waals surface area contributed by atoms with Gasteiger partial charge in [0, 0.05) is 45.5 Å². The zero-order valence-electron chi connectivity index (χ0n) is 28.8. The highest BCUT2D eigenvalue weighted by Gasteiger charge is 2.17. The fraction of sp³-hybridized carbons (Fsp3) is 0.0500. The number of hydrogen-bond acceptors (Lipinski definition) is 8. The van der Waals surface area contributed by atoms with E-state index in [2.05, 4.69) is 68.9 Å². The van der Waals surface area contributed by atoms with Gasteiger partial charge in [-0.3, -0.25) is 0 Å². The van der Waals surface area contributed by atoms with Crippen molar-refractivity contribution < 1.29 is 28.9 Å². The van der Waals surface area contributed by atoms with Crippen LogP contribution in [-0.4, -0.2) is 31.3 Å². The van der Waals surface area contributed by atoms with Crippen LogP contribution in [0.4, 0.5) is 0 Å². The summed E-state index contributed by atoms with van der Waals surface area (Å²) in [4.78, 5) is 23.1. The predicted octanol–water partition coefficient (Wildman–Crippen LogP) is 13.6. The van der Waals surface area contributed by atoms with Gasteiger partial charge in [-0.25, -0.2) is 9.59 Å². The average Bonchev–Trinajstić information content (AvgIpc) is 3.77. The number of ether oxygens (including phenoxy) is 3. The molecule has 0 bridgehead atoms. The van der Waals surface area contributed by atoms with Crippen LogP contribution in [0, 0.1) is 0 Å². The van der Waals surface area contributed by atoms with Crippen molar-refractivity contribution in [3.63, 3.8) is 0 Å². The van der Waals surface area contributed by atoms with Crippen LogP contribution < -0.4 is 4.74 Å². The Bertz CT molecular complexity index is 2560. The Morgan fingerprint density at radius 3 is 1.70 bits per heavy atom. The average molecular weight is 919 g/mol. The third-order valence-electron chi connectivity index (χ3n) is 7.65. The van der Waals surface area contributed by atoms with E-state index in [9.17, 15) is 14.7 Å². The molecule has 0 aliphatic rings. The molecule has 2 heterocycles. The third-order valence-corrected chi connectivity index (χ3v) is 11.2. The molecule has 1 N–H and O–H groups in total. The number of fused-ring (bicyclic) bond motifs is 6. The van der Waals surface area contributed by atoms with Crippen LogP contribution in [-0.2, 0) is 9.47 Å². The zero-order chi connectivity index (χ0) is 38.1. The van der Waals surface area contributed by atoms with Gasteiger partial charge in [0.2, 0.25) is 0 Å². The molecule has 3 unspecified atom stereocenters. The molecule has 0 amide bonds. The minimum Gasteiger partial charge on any atom is -0.506 e. The number of rotatable bonds is 4. The monoisotopic (exact) mass is 916 g/mol. The summed E-state index contributed by atoms with van der Waals surface area (Å²) < 4.78 is 20.6. The topological polar surface area (TPSA) is 82.1 Å². The van der Waals surface area contributed by atoms with Gasteiger partial charge in [-0.2, -0.15) is 9.90 Å². The number of thiophene rings is 2. The van der Waals surface area contributed by atoms with Gasteiger partial charge in [0.1, 0.15) is 22.8 Å². The summed E-state index contributed by atoms with van der Waals surface area (Å²) in [5.74, 6) is 0.612. The molecule has 6 aromatic carbocycles. The quantitative estimate of drug-likeness (QED) is 0.140. The molecule has 3 atom stereocenters. The summed E-state index contributed by atoms with van der Waals surface area (Å²) in [6.07, 6.45) is 0. The predicted molar refractivity (Wildman–Crippen MR) is 244 cm³/mol. The van der Waals surface area contributed by atoms with Crippen molar-refractivity contribution in [2.75, 3.05) is 14.2 Å². The van der Waals surface area contributed by atoms with E-state index in [1.54, 1.807) is 65.1 Å². The Balaban J connectivity index is 0.000000190. The van der Waals surface area contributed by atoms with Gasteiger partial charge in [-0.1, -0.05) is 83.9 Å². The molecular weight excluding hydrogens is 884 g/mol. The lowest BCUT2D eigenvalue weighted by atomic mass is 10.1. The van der Waals surface area contributed by atoms with Crippen molar-refractivity contribution in [2.24, 2.45) is 0 Å². The molecular formula is C40H34BrCl2O6P3S2. The molecule has 54 heavy (non-hydrogen) atoms. The molecule has 0 fully saturated rings. The minimum absolute atomic E-state index is 0. The maximum atomic E-state index is 12.0. The molecule has 2 aromatic heterocycles. The molecule has 0 aliphatic carbocycles. The lowest BCUT2D eigenvalue weighted by Gasteiger charge is -2.11. The van der Waals surface area contributed by atoms with Gasteiger partial charge >= 0.3 is 11.9 Å². The molecule has 0 saturated carbocycles. The summed E-state index contributed by atoms with van der Waals surface area (Å²) in [5, 5.41) is 15.3. The van der Waals surface area contributed by atoms with Crippen LogP contribution >= 0.6 is 89.6 Å². The molecule has 0 radical (unpaired) electrons. The van der Waals surface area contributed by atoms with Crippen LogP contribution in [0.5, 0.6) is 17.2 Å². The number of carbonyl (C=O) groups excluding carboxylic acids is 2. The number of phenolic OH excluding ortho intramolecular Hbond substituents is 1. The van der Waals surface area contributed by atoms with E-state index in [0.717, 1.165) is 20.2 Å². The Morgan fingerprint density at radius 1 is 0.611 bits per heavy atom. The second-order valence-electron chi connectivity index (χ2n) is 10.8. The fourth-order valence-corrected chi connectivity index (χ4v) is 8.30. The van der Waals surface area contributed by atoms with E-state index in [4.69, 9.17) is 32.7 Å². The van der Waals surface area contributed by atoms with E-state index in [0.29, 0.717) is 42.9 Å². The number of halogens is 3. The van der Waals surface area contributed by atoms with E-state index in [1.807, 2.05) is 48.5 Å². The van der Waals surface area contributed by atoms with Crippen molar-refractivity contribution in [1.82, 2.24) is 0 Å². The lowest BCUT2D eigenvalue weighted by molar-refractivity contribution is 0.0589. The van der Waals surface area contributed by atoms with Crippen LogP contribution in [0.1, 0.15) is 20.7 Å². The fourth-order valence-electron chi connectivity index (χ4n) is 5.28. The summed E-state index contributed by atoms with van der Waals surface area (Å²) in [7, 11) is 7.33. The number of aromatic hydroxyl groups is 1. The van der Waals surface area contributed by atoms with Crippen LogP contribution in [0.15, 0.2) is 126 Å². The van der Waals surface area contributed by atoms with Gasteiger partial charge in [0.05, 0.1) is 29.2 Å². The van der Waals surface area contributed by atoms with Crippen molar-refractivity contribution >= 4 is 142 Å². The third kappa shape index (κ3) is 10.1. The first-order valence-electron chi connectivity index (χ1n) is 15.6. The van der Waals surface area contributed by atoms with Crippen molar-refractivity contribution in [1.29, 1.82) is 0 Å². The molecule has 0 spiro atoms. The van der Waals surface area contributed by atoms with E-state index in [1.165, 1.54) is 34.4 Å². The Morgan fingerprint density at radius 2 is 1.09 bits per heavy atom. The van der Waals surface area contributed by atoms with Gasteiger partial charge < -0.3 is 19.3 Å². The summed E-state index contributed by atoms with van der Waals surface area (Å²) >= 11 is 18.2. The normalized spacial score (nSPS) is 10.2. The van der Waals surface area contributed by atoms with Crippen LogP contribution in [0.3, 0.4) is 0 Å². The van der Waals surface area contributed by atoms with Crippen molar-refractivity contribution in [2.45, 2.75) is 0 Å². The molecule has 8 aromatic rings. The molecule has 278 valence electrons. The highest BCUT2D eigenvalue weighted by atomic mass is 79.9. The Kier molecular flexibility index (Phi) is 16.5. The highest BCUT2D eigenvalue weighted by molar-refractivity contribution is 9.10. The first-order chi connectivity index (χ1) is 25.7. The maximum Gasteiger partial charge on any atom is 0.341 e. The summed E-state index contributed by atoms with van der Waals surface area (Å²) in [6, 6.07) is 37.9. The summed E-state index contributed by atoms with van der Waals surface area (Å²) in [6.45, 7) is 0. The molecule has 0 aliphatic heterocycles. The SMILES string of the molecule is COC(=O)c1cc(Cl)ccc1Br.COC(=O)c1cc(Cl)ccc1Oc1cccc2c1sc1ccccc12.Oc1cccc2c1sc1ccccc12.P.PP. The lowest BCUT2D eigenvalue weighted by Crippen LogP contribution is -2.03. The van der Waals surface area contributed by atoms with Gasteiger partial charge in [0.15, 0.2) is 0 Å². The van der Waals surface area contributed by atoms with Crippen LogP contribution in [0.2, 0.25) is 10.0 Å². The maximum absolute atomic E-state index is 12.0. The van der Waals surface area contributed by atoms with Gasteiger partial charge in [-0.15, -0.1) is 40.5 Å². The standard InChI is InChI=1S/C20H13ClO3S.C12H8OS.C8H6BrClO2.H4P2.H3P/c1-23-20(22)15-11-12(21)9-10-16(15)24-17-7-4-6-14-13-5-2-3-8-18(13)25-19(14)17;13-10-6-3-5-9-8-4-1-2-7-11(8)14-12(9)10;1-12-8(11)6-4-5(10)2-3-7(6)9;1-2;/h2-11H,1H3;1-7,13H;2-4H,1H3;1-2H2;1H3. The Hall–Kier alpha value is -3.35. The molecule has 6 nitrogen and oxygen atoms in total. The number of hydrogen-bond donors (Lipinski definition) is 1. The minimum atomic E-state index is -0.485. The van der Waals surface area contributed by atoms with E-state index >= 15 is 0 Å². The second-order valence-corrected chi connectivity index (χ2v) is 14.7. The molecule has 14 heteroatoms. The number of esters is 2. The van der Waals surface area contributed by atoms with Crippen molar-refractivity contribution in [3.05, 3.63) is 147 Å². The number of benzene rings is 6. The van der Waals surface area contributed by atoms with E-state index in [-0.39, 0.29) is 9.90 Å². The second kappa shape index (κ2) is 20.5. The smallest absolute Gasteiger partial charge is 0.341 e. The summed E-state index contributed by atoms with van der Waals surface area (Å²) in [5.41, 5.74) is 0.734. The van der Waals surface area contributed by atoms with Crippen LogP contribution in [0.25, 0.3) is 40.3 Å². The molecule has 0 saturated heterocycles. The van der Waals surface area contributed by atoms with Gasteiger partial charge in [0.25, 0.3) is 0 Å². The first-order valence-corrected chi connectivity index (χ1v) is 21.4. The van der Waals surface area contributed by atoms with E-state index < -0.39 is 11.9 Å². The first kappa shape index (κ1) is 43.4. The van der Waals surface area contributed by atoms with Gasteiger partial charge in [-0.05, 0) is 76.6 Å². The largest absolute Gasteiger partial charge is 0.506 e. The number of methoxy groups -OCH3 is 2. The highest BCUT2D eigenvalue weighted by Crippen LogP contribution is 2.42.